The second kappa shape index (κ2) is 20.0. The van der Waals surface area contributed by atoms with Crippen LogP contribution in [0.2, 0.25) is 0 Å². The van der Waals surface area contributed by atoms with Gasteiger partial charge in [-0.25, -0.2) is 18.1 Å². The van der Waals surface area contributed by atoms with Gasteiger partial charge in [0.1, 0.15) is 11.6 Å². The number of halogens is 2. The fourth-order valence-corrected chi connectivity index (χ4v) is 11.5. The Bertz CT molecular complexity index is 3500. The van der Waals surface area contributed by atoms with Crippen LogP contribution in [0.25, 0.3) is 66.4 Å². The van der Waals surface area contributed by atoms with Crippen LogP contribution >= 0.6 is 0 Å². The highest BCUT2D eigenvalue weighted by molar-refractivity contribution is 6.08. The molecule has 0 saturated carbocycles. The van der Waals surface area contributed by atoms with Crippen molar-refractivity contribution in [3.8, 4) is 22.5 Å². The number of fused-ring (bicyclic) bond motifs is 6. The molecule has 0 radical (unpaired) electrons. The summed E-state index contributed by atoms with van der Waals surface area (Å²) in [6, 6.07) is 21.8. The minimum atomic E-state index is -1.09. The van der Waals surface area contributed by atoms with Crippen LogP contribution in [0.5, 0.6) is 0 Å². The lowest BCUT2D eigenvalue weighted by molar-refractivity contribution is 0.0542. The maximum absolute atomic E-state index is 15.5. The van der Waals surface area contributed by atoms with Gasteiger partial charge >= 0.3 is 0 Å². The second-order valence-electron chi connectivity index (χ2n) is 21.3. The zero-order valence-corrected chi connectivity index (χ0v) is 44.0. The van der Waals surface area contributed by atoms with E-state index < -0.39 is 11.2 Å². The van der Waals surface area contributed by atoms with Crippen molar-refractivity contribution in [2.75, 3.05) is 26.4 Å². The molecule has 18 heteroatoms. The molecule has 0 aliphatic carbocycles. The quantitative estimate of drug-likeness (QED) is 0.132. The maximum atomic E-state index is 15.5. The van der Waals surface area contributed by atoms with Crippen LogP contribution in [0.4, 0.5) is 8.78 Å². The van der Waals surface area contributed by atoms with E-state index in [2.05, 4.69) is 64.0 Å². The predicted octanol–water partition coefficient (Wildman–Crippen LogP) is 10.1. The van der Waals surface area contributed by atoms with Crippen LogP contribution in [0.15, 0.2) is 97.6 Å². The van der Waals surface area contributed by atoms with Gasteiger partial charge in [-0.1, -0.05) is 22.6 Å². The van der Waals surface area contributed by atoms with E-state index in [-0.39, 0.29) is 35.6 Å². The number of aromatic nitrogens is 12. The summed E-state index contributed by atoms with van der Waals surface area (Å²) in [4.78, 5) is 18.8. The van der Waals surface area contributed by atoms with Gasteiger partial charge in [0.15, 0.2) is 0 Å². The van der Waals surface area contributed by atoms with Crippen LogP contribution in [-0.2, 0) is 34.8 Å². The van der Waals surface area contributed by atoms with Gasteiger partial charge in [0.25, 0.3) is 0 Å². The minimum absolute atomic E-state index is 0.0986. The van der Waals surface area contributed by atoms with Crippen molar-refractivity contribution in [3.63, 3.8) is 0 Å². The smallest absolute Gasteiger partial charge is 0.146 e. The van der Waals surface area contributed by atoms with Crippen LogP contribution < -0.4 is 0 Å². The molecule has 392 valence electrons. The second-order valence-corrected chi connectivity index (χ2v) is 21.3. The normalized spacial score (nSPS) is 15.9. The third kappa shape index (κ3) is 9.20. The highest BCUT2D eigenvalue weighted by Crippen LogP contribution is 2.44. The predicted molar refractivity (Wildman–Crippen MR) is 286 cm³/mol. The topological polar surface area (TPSA) is 182 Å². The van der Waals surface area contributed by atoms with Gasteiger partial charge < -0.3 is 28.8 Å². The van der Waals surface area contributed by atoms with Gasteiger partial charge in [0.05, 0.1) is 90.5 Å². The molecule has 0 amide bonds. The molecule has 2 aliphatic rings. The summed E-state index contributed by atoms with van der Waals surface area (Å²) in [5.74, 6) is -0.482. The summed E-state index contributed by atoms with van der Waals surface area (Å²) >= 11 is 0. The summed E-state index contributed by atoms with van der Waals surface area (Å²) in [6.07, 6.45) is 9.87. The average molecular weight is 1030 g/mol. The number of hydrogen-bond donors (Lipinski definition) is 2. The molecule has 2 fully saturated rings. The van der Waals surface area contributed by atoms with Crippen LogP contribution in [0.3, 0.4) is 0 Å². The molecule has 0 spiro atoms. The van der Waals surface area contributed by atoms with E-state index in [1.807, 2.05) is 52.2 Å². The molecule has 10 aromatic rings. The van der Waals surface area contributed by atoms with Crippen LogP contribution in [0, 0.1) is 37.3 Å². The molecular formula is C58H62F2N12O4. The molecule has 2 N–H and O–H groups in total. The number of hydrogen-bond acceptors (Lipinski definition) is 12. The summed E-state index contributed by atoms with van der Waals surface area (Å²) in [5.41, 5.74) is 10.5. The average Bonchev–Trinajstić information content (AvgIpc) is 4.14. The number of nitrogens with zero attached hydrogens (tertiary/aromatic N) is 12. The molecule has 2 unspecified atom stereocenters. The number of rotatable bonds is 10. The van der Waals surface area contributed by atoms with Gasteiger partial charge in [-0.3, -0.25) is 19.9 Å². The van der Waals surface area contributed by atoms with Gasteiger partial charge in [-0.2, -0.15) is 0 Å². The Balaban J connectivity index is 0.000000162. The van der Waals surface area contributed by atoms with E-state index in [0.29, 0.717) is 48.9 Å². The first-order valence-corrected chi connectivity index (χ1v) is 25.9. The summed E-state index contributed by atoms with van der Waals surface area (Å²) < 4.78 is 50.2. The first-order valence-electron chi connectivity index (χ1n) is 25.9. The van der Waals surface area contributed by atoms with Crippen molar-refractivity contribution in [1.29, 1.82) is 0 Å². The fourth-order valence-electron chi connectivity index (χ4n) is 11.5. The van der Waals surface area contributed by atoms with E-state index in [4.69, 9.17) is 19.4 Å². The standard InChI is InChI=1S/2C29H31FN6O2/c2*1-17-27(35(4)34-33-17)19-7-8-21-23(14-19)36(24-15-20(29(2,3)37)16-32-25(21)24)28(18-9-12-38-13-10-18)26-22(30)6-5-11-31-26/h2*5-8,11,14-16,18,28,37H,9-10,12-13H2,1-4H3. The Labute approximate surface area is 438 Å². The Morgan fingerprint density at radius 2 is 0.947 bits per heavy atom. The Kier molecular flexibility index (Phi) is 13.3. The molecule has 12 rings (SSSR count). The number of pyridine rings is 4. The lowest BCUT2D eigenvalue weighted by Crippen LogP contribution is -2.28. The van der Waals surface area contributed by atoms with E-state index in [9.17, 15) is 10.2 Å². The largest absolute Gasteiger partial charge is 0.386 e. The molecule has 2 aromatic carbocycles. The van der Waals surface area contributed by atoms with Gasteiger partial charge in [0.2, 0.25) is 0 Å². The Morgan fingerprint density at radius 1 is 0.553 bits per heavy atom. The van der Waals surface area contributed by atoms with Crippen molar-refractivity contribution < 1.29 is 28.5 Å². The molecule has 2 saturated heterocycles. The maximum Gasteiger partial charge on any atom is 0.146 e. The van der Waals surface area contributed by atoms with E-state index in [0.717, 1.165) is 103 Å². The SMILES string of the molecule is Cc1nnn(C)c1-c1ccc2c3ncc(C(C)(C)O)cc3n(C(c3ncccc3F)C3CCOCC3)c2c1.Cc1nnn(C)c1-c1ccc2c3ncc(C(C)(C)O)cc3n(C(c3ncccc3F)C3CCOCC3)c2c1. The van der Waals surface area contributed by atoms with Crippen molar-refractivity contribution in [2.24, 2.45) is 25.9 Å². The highest BCUT2D eigenvalue weighted by Gasteiger charge is 2.36. The molecule has 8 aromatic heterocycles. The minimum Gasteiger partial charge on any atom is -0.386 e. The Hall–Kier alpha value is -7.38. The number of aryl methyl sites for hydroxylation is 4. The first-order chi connectivity index (χ1) is 36.5. The van der Waals surface area contributed by atoms with Gasteiger partial charge in [-0.15, -0.1) is 10.2 Å². The molecule has 2 atom stereocenters. The van der Waals surface area contributed by atoms with Crippen LogP contribution in [-0.4, -0.2) is 95.7 Å². The summed E-state index contributed by atoms with van der Waals surface area (Å²) in [5, 5.41) is 40.4. The molecule has 16 nitrogen and oxygen atoms in total. The number of ether oxygens (including phenoxy) is 2. The van der Waals surface area contributed by atoms with Crippen molar-refractivity contribution in [1.82, 2.24) is 59.1 Å². The summed E-state index contributed by atoms with van der Waals surface area (Å²) in [7, 11) is 3.75. The lowest BCUT2D eigenvalue weighted by Gasteiger charge is -2.32. The molecule has 10 heterocycles. The molecular weight excluding hydrogens is 967 g/mol. The third-order valence-corrected chi connectivity index (χ3v) is 15.3. The van der Waals surface area contributed by atoms with Crippen molar-refractivity contribution in [3.05, 3.63) is 143 Å². The lowest BCUT2D eigenvalue weighted by atomic mass is 9.88. The first kappa shape index (κ1) is 50.8. The third-order valence-electron chi connectivity index (χ3n) is 15.3. The van der Waals surface area contributed by atoms with Gasteiger partial charge in [0, 0.05) is 98.3 Å². The summed E-state index contributed by atoms with van der Waals surface area (Å²) in [6.45, 7) is 13.3. The highest BCUT2D eigenvalue weighted by atomic mass is 19.1. The van der Waals surface area contributed by atoms with Crippen molar-refractivity contribution in [2.45, 2.75) is 90.5 Å². The monoisotopic (exact) mass is 1030 g/mol. The molecule has 76 heavy (non-hydrogen) atoms. The van der Waals surface area contributed by atoms with E-state index >= 15 is 8.78 Å². The zero-order valence-electron chi connectivity index (χ0n) is 44.0. The van der Waals surface area contributed by atoms with E-state index in [1.54, 1.807) is 74.0 Å². The molecule has 0 bridgehead atoms. The number of benzene rings is 2. The van der Waals surface area contributed by atoms with Crippen LogP contribution in [0.1, 0.15) is 99.4 Å². The van der Waals surface area contributed by atoms with Crippen molar-refractivity contribution >= 4 is 43.9 Å². The van der Waals surface area contributed by atoms with Gasteiger partial charge in [-0.05, 0) is 140 Å². The fraction of sp³-hybridized carbons (Fsp3) is 0.379. The number of aliphatic hydroxyl groups is 2. The Morgan fingerprint density at radius 3 is 1.29 bits per heavy atom. The zero-order chi connectivity index (χ0) is 53.2. The van der Waals surface area contributed by atoms with E-state index in [1.165, 1.54) is 12.1 Å². The molecule has 2 aliphatic heterocycles.